The van der Waals surface area contributed by atoms with E-state index in [0.29, 0.717) is 5.75 Å². The first-order valence-electron chi connectivity index (χ1n) is 6.66. The summed E-state index contributed by atoms with van der Waals surface area (Å²) in [4.78, 5) is 4.01. The maximum Gasteiger partial charge on any atom is 0.340 e. The summed E-state index contributed by atoms with van der Waals surface area (Å²) in [6.45, 7) is 4.92. The number of halogens is 1. The molecule has 20 heavy (non-hydrogen) atoms. The topological polar surface area (TPSA) is 52.0 Å². The molecule has 0 radical (unpaired) electrons. The summed E-state index contributed by atoms with van der Waals surface area (Å²) in [6, 6.07) is 4.69. The lowest BCUT2D eigenvalue weighted by atomic mass is 10.1. The van der Waals surface area contributed by atoms with Crippen molar-refractivity contribution in [2.24, 2.45) is 7.05 Å². The van der Waals surface area contributed by atoms with Crippen LogP contribution in [-0.4, -0.2) is 21.3 Å². The number of ether oxygens (including phenoxy) is 1. The zero-order valence-corrected chi connectivity index (χ0v) is 11.9. The van der Waals surface area contributed by atoms with Crippen molar-refractivity contribution in [3.63, 3.8) is 0 Å². The van der Waals surface area contributed by atoms with Crippen LogP contribution < -0.4 is 10.1 Å². The SMILES string of the molecule is CCCNC(C)c1cc(F)ccc1Oc1ncn(C)n1. The number of aryl methyl sites for hydroxylation is 1. The van der Waals surface area contributed by atoms with Crippen LogP contribution in [0.2, 0.25) is 0 Å². The van der Waals surface area contributed by atoms with Crippen LogP contribution >= 0.6 is 0 Å². The van der Waals surface area contributed by atoms with Crippen molar-refractivity contribution in [2.75, 3.05) is 6.54 Å². The molecule has 0 aliphatic carbocycles. The minimum Gasteiger partial charge on any atom is -0.423 e. The Hall–Kier alpha value is -1.95. The fraction of sp³-hybridized carbons (Fsp3) is 0.429. The molecule has 0 aliphatic heterocycles. The molecule has 2 rings (SSSR count). The molecular formula is C14H19FN4O. The Bertz CT molecular complexity index is 570. The van der Waals surface area contributed by atoms with Crippen LogP contribution in [0.1, 0.15) is 31.9 Å². The Morgan fingerprint density at radius 3 is 2.90 bits per heavy atom. The second kappa shape index (κ2) is 6.47. The molecule has 0 saturated carbocycles. The first-order valence-corrected chi connectivity index (χ1v) is 6.66. The number of hydrogen-bond acceptors (Lipinski definition) is 4. The van der Waals surface area contributed by atoms with Gasteiger partial charge in [0.2, 0.25) is 0 Å². The highest BCUT2D eigenvalue weighted by atomic mass is 19.1. The van der Waals surface area contributed by atoms with Gasteiger partial charge in [-0.1, -0.05) is 6.92 Å². The molecule has 0 fully saturated rings. The van der Waals surface area contributed by atoms with E-state index in [0.717, 1.165) is 18.5 Å². The fourth-order valence-corrected chi connectivity index (χ4v) is 1.89. The van der Waals surface area contributed by atoms with Gasteiger partial charge >= 0.3 is 6.01 Å². The van der Waals surface area contributed by atoms with Crippen molar-refractivity contribution in [1.82, 2.24) is 20.1 Å². The number of rotatable bonds is 6. The van der Waals surface area contributed by atoms with E-state index in [4.69, 9.17) is 4.74 Å². The van der Waals surface area contributed by atoms with E-state index in [1.54, 1.807) is 24.1 Å². The average Bonchev–Trinajstić information content (AvgIpc) is 2.83. The van der Waals surface area contributed by atoms with Crippen LogP contribution in [-0.2, 0) is 7.05 Å². The molecular weight excluding hydrogens is 259 g/mol. The number of nitrogens with one attached hydrogen (secondary N) is 1. The van der Waals surface area contributed by atoms with Gasteiger partial charge in [-0.3, -0.25) is 4.68 Å². The monoisotopic (exact) mass is 278 g/mol. The molecule has 0 amide bonds. The smallest absolute Gasteiger partial charge is 0.340 e. The van der Waals surface area contributed by atoms with Gasteiger partial charge in [-0.25, -0.2) is 4.39 Å². The molecule has 1 unspecified atom stereocenters. The van der Waals surface area contributed by atoms with Gasteiger partial charge in [0.1, 0.15) is 17.9 Å². The third kappa shape index (κ3) is 3.54. The summed E-state index contributed by atoms with van der Waals surface area (Å²) in [5.41, 5.74) is 0.755. The first kappa shape index (κ1) is 14.5. The molecule has 0 spiro atoms. The van der Waals surface area contributed by atoms with Crippen molar-refractivity contribution in [3.05, 3.63) is 35.9 Å². The van der Waals surface area contributed by atoms with E-state index < -0.39 is 0 Å². The number of benzene rings is 1. The molecule has 0 bridgehead atoms. The molecule has 5 nitrogen and oxygen atoms in total. The van der Waals surface area contributed by atoms with E-state index in [2.05, 4.69) is 22.3 Å². The Balaban J connectivity index is 2.23. The fourth-order valence-electron chi connectivity index (χ4n) is 1.89. The molecule has 1 heterocycles. The van der Waals surface area contributed by atoms with Gasteiger partial charge in [0.05, 0.1) is 0 Å². The predicted octanol–water partition coefficient (Wildman–Crippen LogP) is 2.81. The van der Waals surface area contributed by atoms with Crippen molar-refractivity contribution in [1.29, 1.82) is 0 Å². The quantitative estimate of drug-likeness (QED) is 0.882. The lowest BCUT2D eigenvalue weighted by Crippen LogP contribution is -2.20. The zero-order chi connectivity index (χ0) is 14.5. The molecule has 0 saturated heterocycles. The second-order valence-electron chi connectivity index (χ2n) is 4.66. The van der Waals surface area contributed by atoms with Crippen LogP contribution in [0.3, 0.4) is 0 Å². The van der Waals surface area contributed by atoms with E-state index in [-0.39, 0.29) is 17.9 Å². The number of aromatic nitrogens is 3. The highest BCUT2D eigenvalue weighted by molar-refractivity contribution is 5.37. The Labute approximate surface area is 117 Å². The summed E-state index contributed by atoms with van der Waals surface area (Å²) >= 11 is 0. The third-order valence-corrected chi connectivity index (χ3v) is 2.92. The van der Waals surface area contributed by atoms with Crippen molar-refractivity contribution >= 4 is 0 Å². The first-order chi connectivity index (χ1) is 9.60. The van der Waals surface area contributed by atoms with Crippen LogP contribution in [0.4, 0.5) is 4.39 Å². The zero-order valence-electron chi connectivity index (χ0n) is 11.9. The van der Waals surface area contributed by atoms with Gasteiger partial charge in [0.25, 0.3) is 0 Å². The molecule has 108 valence electrons. The minimum absolute atomic E-state index is 0.00985. The molecule has 1 N–H and O–H groups in total. The normalized spacial score (nSPS) is 12.4. The largest absolute Gasteiger partial charge is 0.423 e. The number of hydrogen-bond donors (Lipinski definition) is 1. The van der Waals surface area contributed by atoms with E-state index >= 15 is 0 Å². The van der Waals surface area contributed by atoms with Gasteiger partial charge in [-0.15, -0.1) is 5.10 Å². The van der Waals surface area contributed by atoms with Gasteiger partial charge < -0.3 is 10.1 Å². The Morgan fingerprint density at radius 1 is 1.45 bits per heavy atom. The van der Waals surface area contributed by atoms with Gasteiger partial charge in [0, 0.05) is 18.7 Å². The lowest BCUT2D eigenvalue weighted by molar-refractivity contribution is 0.422. The summed E-state index contributed by atoms with van der Waals surface area (Å²) in [5.74, 6) is 0.278. The molecule has 2 aromatic rings. The van der Waals surface area contributed by atoms with Gasteiger partial charge in [-0.2, -0.15) is 4.98 Å². The maximum atomic E-state index is 13.5. The van der Waals surface area contributed by atoms with Crippen LogP contribution in [0.5, 0.6) is 11.8 Å². The van der Waals surface area contributed by atoms with Gasteiger partial charge in [-0.05, 0) is 38.1 Å². The van der Waals surface area contributed by atoms with Crippen LogP contribution in [0.25, 0.3) is 0 Å². The van der Waals surface area contributed by atoms with Crippen LogP contribution in [0.15, 0.2) is 24.5 Å². The summed E-state index contributed by atoms with van der Waals surface area (Å²) in [7, 11) is 1.76. The summed E-state index contributed by atoms with van der Waals surface area (Å²) in [5, 5.41) is 7.37. The molecule has 1 atom stereocenters. The van der Waals surface area contributed by atoms with Crippen molar-refractivity contribution < 1.29 is 9.13 Å². The van der Waals surface area contributed by atoms with E-state index in [1.807, 2.05) is 6.92 Å². The van der Waals surface area contributed by atoms with Crippen molar-refractivity contribution in [2.45, 2.75) is 26.3 Å². The maximum absolute atomic E-state index is 13.5. The Morgan fingerprint density at radius 2 is 2.25 bits per heavy atom. The van der Waals surface area contributed by atoms with Crippen LogP contribution in [0, 0.1) is 5.82 Å². The Kier molecular flexibility index (Phi) is 4.68. The van der Waals surface area contributed by atoms with E-state index in [9.17, 15) is 4.39 Å². The highest BCUT2D eigenvalue weighted by Crippen LogP contribution is 2.28. The number of nitrogens with zero attached hydrogens (tertiary/aromatic N) is 3. The van der Waals surface area contributed by atoms with E-state index in [1.165, 1.54) is 12.1 Å². The second-order valence-corrected chi connectivity index (χ2v) is 4.66. The average molecular weight is 278 g/mol. The third-order valence-electron chi connectivity index (χ3n) is 2.92. The highest BCUT2D eigenvalue weighted by Gasteiger charge is 2.14. The molecule has 6 heteroatoms. The lowest BCUT2D eigenvalue weighted by Gasteiger charge is -2.17. The predicted molar refractivity (Wildman–Crippen MR) is 74.2 cm³/mol. The summed E-state index contributed by atoms with van der Waals surface area (Å²) < 4.78 is 20.6. The minimum atomic E-state index is -0.286. The standard InChI is InChI=1S/C14H19FN4O/c1-4-7-16-10(2)12-8-11(15)5-6-13(12)20-14-17-9-19(3)18-14/h5-6,8-10,16H,4,7H2,1-3H3. The summed E-state index contributed by atoms with van der Waals surface area (Å²) in [6.07, 6.45) is 2.56. The van der Waals surface area contributed by atoms with Crippen molar-refractivity contribution in [3.8, 4) is 11.8 Å². The molecule has 1 aromatic heterocycles. The molecule has 1 aromatic carbocycles. The molecule has 0 aliphatic rings. The van der Waals surface area contributed by atoms with Gasteiger partial charge in [0.15, 0.2) is 0 Å².